The van der Waals surface area contributed by atoms with E-state index in [1.807, 2.05) is 12.1 Å². The predicted octanol–water partition coefficient (Wildman–Crippen LogP) is 4.68. The van der Waals surface area contributed by atoms with Crippen molar-refractivity contribution < 1.29 is 18.7 Å². The Bertz CT molecular complexity index is 990. The Morgan fingerprint density at radius 1 is 1.32 bits per heavy atom. The molecule has 0 N–H and O–H groups in total. The Balaban J connectivity index is 1.57. The lowest BCUT2D eigenvalue weighted by atomic mass is 10.2. The fourth-order valence-electron chi connectivity index (χ4n) is 3.08. The minimum atomic E-state index is -0.507. The highest BCUT2D eigenvalue weighted by Gasteiger charge is 2.27. The lowest BCUT2D eigenvalue weighted by Crippen LogP contribution is -2.40. The number of benzene rings is 2. The van der Waals surface area contributed by atoms with Gasteiger partial charge in [0.05, 0.1) is 22.4 Å². The van der Waals surface area contributed by atoms with Crippen LogP contribution in [0.1, 0.15) is 12.8 Å². The van der Waals surface area contributed by atoms with Crippen molar-refractivity contribution in [1.82, 2.24) is 4.98 Å². The van der Waals surface area contributed by atoms with Crippen LogP contribution in [0.25, 0.3) is 10.2 Å². The van der Waals surface area contributed by atoms with Gasteiger partial charge in [0.25, 0.3) is 5.91 Å². The van der Waals surface area contributed by atoms with Gasteiger partial charge >= 0.3 is 0 Å². The maximum Gasteiger partial charge on any atom is 0.266 e. The molecule has 1 unspecified atom stereocenters. The van der Waals surface area contributed by atoms with Crippen molar-refractivity contribution in [1.29, 1.82) is 0 Å². The second kappa shape index (κ2) is 8.43. The Morgan fingerprint density at radius 2 is 2.18 bits per heavy atom. The molecule has 1 saturated heterocycles. The molecule has 5 nitrogen and oxygen atoms in total. The van der Waals surface area contributed by atoms with Crippen LogP contribution in [0.4, 0.5) is 9.52 Å². The molecule has 2 aromatic carbocycles. The number of hydrogen-bond donors (Lipinski definition) is 0. The molecular weight excluding hydrogens is 403 g/mol. The number of aromatic nitrogens is 1. The normalized spacial score (nSPS) is 16.4. The average molecular weight is 421 g/mol. The van der Waals surface area contributed by atoms with Crippen LogP contribution in [0.3, 0.4) is 0 Å². The minimum absolute atomic E-state index is 0.0419. The molecule has 4 rings (SSSR count). The van der Waals surface area contributed by atoms with E-state index in [1.54, 1.807) is 23.1 Å². The van der Waals surface area contributed by atoms with Gasteiger partial charge in [-0.2, -0.15) is 0 Å². The van der Waals surface area contributed by atoms with Crippen LogP contribution in [0.2, 0.25) is 5.02 Å². The zero-order valence-corrected chi connectivity index (χ0v) is 16.5. The van der Waals surface area contributed by atoms with Gasteiger partial charge in [-0.05, 0) is 37.1 Å². The zero-order valence-electron chi connectivity index (χ0n) is 14.9. The molecule has 0 bridgehead atoms. The first-order valence-corrected chi connectivity index (χ1v) is 10.2. The van der Waals surface area contributed by atoms with E-state index >= 15 is 0 Å². The van der Waals surface area contributed by atoms with Crippen molar-refractivity contribution in [3.8, 4) is 5.75 Å². The van der Waals surface area contributed by atoms with Crippen molar-refractivity contribution in [2.24, 2.45) is 0 Å². The Hall–Kier alpha value is -2.22. The summed E-state index contributed by atoms with van der Waals surface area (Å²) in [6.07, 6.45) is 1.79. The van der Waals surface area contributed by atoms with E-state index in [-0.39, 0.29) is 24.4 Å². The van der Waals surface area contributed by atoms with Crippen LogP contribution in [0.5, 0.6) is 5.75 Å². The number of nitrogens with zero attached hydrogens (tertiary/aromatic N) is 2. The number of para-hydroxylation sites is 2. The molecule has 0 radical (unpaired) electrons. The molecule has 2 heterocycles. The molecule has 0 saturated carbocycles. The third kappa shape index (κ3) is 4.11. The molecule has 28 heavy (non-hydrogen) atoms. The van der Waals surface area contributed by atoms with Crippen molar-refractivity contribution in [2.75, 3.05) is 24.7 Å². The molecule has 3 aromatic rings. The van der Waals surface area contributed by atoms with E-state index in [2.05, 4.69) is 4.98 Å². The number of halogens is 2. The highest BCUT2D eigenvalue weighted by atomic mass is 35.5. The van der Waals surface area contributed by atoms with Crippen LogP contribution >= 0.6 is 22.9 Å². The van der Waals surface area contributed by atoms with Gasteiger partial charge in [0.1, 0.15) is 5.52 Å². The number of ether oxygens (including phenoxy) is 2. The second-order valence-electron chi connectivity index (χ2n) is 6.44. The smallest absolute Gasteiger partial charge is 0.266 e. The van der Waals surface area contributed by atoms with Gasteiger partial charge < -0.3 is 9.47 Å². The number of anilines is 1. The summed E-state index contributed by atoms with van der Waals surface area (Å²) in [4.78, 5) is 19.0. The molecule has 1 aliphatic heterocycles. The third-order valence-corrected chi connectivity index (χ3v) is 5.84. The standard InChI is InChI=1S/C20H18ClFN2O3S/c21-14-6-3-9-17-19(14)23-20(28-17)24(11-13-5-4-10-26-13)18(25)12-27-16-8-2-1-7-15(16)22/h1-3,6-9,13H,4-5,10-12H2. The number of fused-ring (bicyclic) bond motifs is 1. The summed E-state index contributed by atoms with van der Waals surface area (Å²) in [7, 11) is 0. The van der Waals surface area contributed by atoms with Gasteiger partial charge in [-0.3, -0.25) is 9.69 Å². The quantitative estimate of drug-likeness (QED) is 0.581. The first kappa shape index (κ1) is 19.1. The van der Waals surface area contributed by atoms with Crippen LogP contribution in [-0.4, -0.2) is 36.8 Å². The van der Waals surface area contributed by atoms with Crippen molar-refractivity contribution in [2.45, 2.75) is 18.9 Å². The molecule has 1 aliphatic rings. The molecule has 1 fully saturated rings. The number of amides is 1. The lowest BCUT2D eigenvalue weighted by Gasteiger charge is -2.23. The van der Waals surface area contributed by atoms with E-state index in [0.29, 0.717) is 28.8 Å². The summed E-state index contributed by atoms with van der Waals surface area (Å²) < 4.78 is 25.8. The van der Waals surface area contributed by atoms with E-state index in [9.17, 15) is 9.18 Å². The van der Waals surface area contributed by atoms with E-state index < -0.39 is 5.82 Å². The predicted molar refractivity (Wildman–Crippen MR) is 108 cm³/mol. The Kier molecular flexibility index (Phi) is 5.75. The number of carbonyl (C=O) groups is 1. The van der Waals surface area contributed by atoms with Gasteiger partial charge in [-0.15, -0.1) is 0 Å². The monoisotopic (exact) mass is 420 g/mol. The van der Waals surface area contributed by atoms with Crippen molar-refractivity contribution in [3.63, 3.8) is 0 Å². The largest absolute Gasteiger partial charge is 0.481 e. The second-order valence-corrected chi connectivity index (χ2v) is 7.86. The minimum Gasteiger partial charge on any atom is -0.481 e. The van der Waals surface area contributed by atoms with E-state index in [0.717, 1.165) is 17.5 Å². The fraction of sp³-hybridized carbons (Fsp3) is 0.300. The highest BCUT2D eigenvalue weighted by molar-refractivity contribution is 7.22. The summed E-state index contributed by atoms with van der Waals surface area (Å²) in [5.74, 6) is -0.776. The number of thiazole rings is 1. The number of hydrogen-bond acceptors (Lipinski definition) is 5. The lowest BCUT2D eigenvalue weighted by molar-refractivity contribution is -0.121. The number of carbonyl (C=O) groups excluding carboxylic acids is 1. The van der Waals surface area contributed by atoms with E-state index in [4.69, 9.17) is 21.1 Å². The summed E-state index contributed by atoms with van der Waals surface area (Å²) in [5, 5.41) is 1.06. The van der Waals surface area contributed by atoms with Gasteiger partial charge in [0.2, 0.25) is 0 Å². The summed E-state index contributed by atoms with van der Waals surface area (Å²) >= 11 is 7.61. The maximum atomic E-state index is 13.8. The molecule has 1 atom stereocenters. The van der Waals surface area contributed by atoms with E-state index in [1.165, 1.54) is 23.5 Å². The molecule has 146 valence electrons. The van der Waals surface area contributed by atoms with Crippen LogP contribution in [0.15, 0.2) is 42.5 Å². The molecular formula is C20H18ClFN2O3S. The first-order chi connectivity index (χ1) is 13.6. The first-order valence-electron chi connectivity index (χ1n) is 8.96. The topological polar surface area (TPSA) is 51.7 Å². The summed E-state index contributed by atoms with van der Waals surface area (Å²) in [5.41, 5.74) is 0.657. The van der Waals surface area contributed by atoms with Crippen LogP contribution in [0, 0.1) is 5.82 Å². The zero-order chi connectivity index (χ0) is 19.5. The van der Waals surface area contributed by atoms with Crippen LogP contribution in [-0.2, 0) is 9.53 Å². The van der Waals surface area contributed by atoms with Gasteiger partial charge in [0, 0.05) is 6.61 Å². The van der Waals surface area contributed by atoms with Crippen molar-refractivity contribution >= 4 is 44.2 Å². The van der Waals surface area contributed by atoms with Gasteiger partial charge in [0.15, 0.2) is 23.3 Å². The Morgan fingerprint density at radius 3 is 2.93 bits per heavy atom. The molecule has 1 amide bonds. The van der Waals surface area contributed by atoms with Gasteiger partial charge in [-0.1, -0.05) is 41.1 Å². The average Bonchev–Trinajstić information content (AvgIpc) is 3.35. The SMILES string of the molecule is O=C(COc1ccccc1F)N(CC1CCCO1)c1nc2c(Cl)cccc2s1. The van der Waals surface area contributed by atoms with Gasteiger partial charge in [-0.25, -0.2) is 9.37 Å². The van der Waals surface area contributed by atoms with Crippen molar-refractivity contribution in [3.05, 3.63) is 53.3 Å². The highest BCUT2D eigenvalue weighted by Crippen LogP contribution is 2.33. The number of rotatable bonds is 6. The molecule has 1 aromatic heterocycles. The third-order valence-electron chi connectivity index (χ3n) is 4.49. The Labute approximate surface area is 170 Å². The molecule has 0 spiro atoms. The summed E-state index contributed by atoms with van der Waals surface area (Å²) in [6.45, 7) is 0.762. The summed E-state index contributed by atoms with van der Waals surface area (Å²) in [6, 6.07) is 11.5. The fourth-order valence-corrected chi connectivity index (χ4v) is 4.37. The van der Waals surface area contributed by atoms with Crippen LogP contribution < -0.4 is 9.64 Å². The molecule has 0 aliphatic carbocycles. The maximum absolute atomic E-state index is 13.8. The molecule has 8 heteroatoms.